The summed E-state index contributed by atoms with van der Waals surface area (Å²) in [5, 5.41) is 5.75. The molecule has 0 unspecified atom stereocenters. The van der Waals surface area contributed by atoms with Crippen molar-refractivity contribution in [3.8, 4) is 0 Å². The monoisotopic (exact) mass is 372 g/mol. The van der Waals surface area contributed by atoms with Gasteiger partial charge in [-0.25, -0.2) is 0 Å². The van der Waals surface area contributed by atoms with E-state index in [0.29, 0.717) is 19.0 Å². The topological polar surface area (TPSA) is 56.7 Å². The van der Waals surface area contributed by atoms with Gasteiger partial charge in [-0.2, -0.15) is 13.2 Å². The molecule has 0 spiro atoms. The minimum Gasteiger partial charge on any atom is -0.359 e. The predicted octanol–water partition coefficient (Wildman–Crippen LogP) is 2.87. The first kappa shape index (κ1) is 21.8. The molecule has 1 rings (SSSR count). The van der Waals surface area contributed by atoms with E-state index in [0.717, 1.165) is 17.7 Å². The van der Waals surface area contributed by atoms with E-state index in [1.54, 1.807) is 27.9 Å². The fourth-order valence-electron chi connectivity index (χ4n) is 2.30. The smallest absolute Gasteiger partial charge is 0.359 e. The highest BCUT2D eigenvalue weighted by Gasteiger charge is 2.30. The molecule has 0 fully saturated rings. The van der Waals surface area contributed by atoms with Gasteiger partial charge >= 0.3 is 6.18 Å². The molecule has 0 aromatic heterocycles. The van der Waals surface area contributed by atoms with Crippen LogP contribution in [0.2, 0.25) is 0 Å². The van der Waals surface area contributed by atoms with Crippen molar-refractivity contribution in [2.24, 2.45) is 10.4 Å². The van der Waals surface area contributed by atoms with E-state index in [4.69, 9.17) is 0 Å². The molecular formula is C18H27F3N4O. The summed E-state index contributed by atoms with van der Waals surface area (Å²) in [5.74, 6) is 0.479. The van der Waals surface area contributed by atoms with E-state index in [9.17, 15) is 18.0 Å². The lowest BCUT2D eigenvalue weighted by atomic mass is 9.93. The van der Waals surface area contributed by atoms with E-state index in [2.05, 4.69) is 15.6 Å². The van der Waals surface area contributed by atoms with Crippen molar-refractivity contribution < 1.29 is 18.0 Å². The normalized spacial score (nSPS) is 12.7. The van der Waals surface area contributed by atoms with E-state index >= 15 is 0 Å². The summed E-state index contributed by atoms with van der Waals surface area (Å²) in [6.07, 6.45) is -4.34. The third-order valence-electron chi connectivity index (χ3n) is 3.86. The molecule has 0 atom stereocenters. The van der Waals surface area contributed by atoms with Crippen molar-refractivity contribution in [1.82, 2.24) is 15.5 Å². The first-order valence-corrected chi connectivity index (χ1v) is 8.39. The highest BCUT2D eigenvalue weighted by Crippen LogP contribution is 2.29. The number of nitrogens with zero attached hydrogens (tertiary/aromatic N) is 2. The number of aliphatic imine (C=N–C) groups is 1. The number of guanidine groups is 1. The number of alkyl halides is 3. The molecule has 146 valence electrons. The van der Waals surface area contributed by atoms with E-state index in [-0.39, 0.29) is 12.5 Å². The van der Waals surface area contributed by atoms with Gasteiger partial charge in [-0.15, -0.1) is 0 Å². The number of benzene rings is 1. The number of hydrogen-bond acceptors (Lipinski definition) is 2. The summed E-state index contributed by atoms with van der Waals surface area (Å²) in [4.78, 5) is 18.2. The van der Waals surface area contributed by atoms with Crippen molar-refractivity contribution >= 4 is 11.9 Å². The van der Waals surface area contributed by atoms with Gasteiger partial charge in [0.1, 0.15) is 0 Å². The minimum atomic E-state index is -4.34. The van der Waals surface area contributed by atoms with Gasteiger partial charge in [-0.05, 0) is 38.5 Å². The van der Waals surface area contributed by atoms with Crippen molar-refractivity contribution in [2.45, 2.75) is 33.5 Å². The Morgan fingerprint density at radius 2 is 1.77 bits per heavy atom. The second kappa shape index (κ2) is 8.91. The van der Waals surface area contributed by atoms with Crippen LogP contribution < -0.4 is 10.6 Å². The average molecular weight is 372 g/mol. The molecule has 8 heteroatoms. The molecule has 0 aliphatic heterocycles. The average Bonchev–Trinajstić information content (AvgIpc) is 2.57. The van der Waals surface area contributed by atoms with Crippen molar-refractivity contribution in [3.63, 3.8) is 0 Å². The lowest BCUT2D eigenvalue weighted by Crippen LogP contribution is -2.41. The molecule has 1 aromatic carbocycles. The van der Waals surface area contributed by atoms with Crippen molar-refractivity contribution in [2.75, 3.05) is 27.2 Å². The molecule has 1 aromatic rings. The zero-order chi connectivity index (χ0) is 20.0. The lowest BCUT2D eigenvalue weighted by Gasteiger charge is -2.25. The molecule has 0 heterocycles. The summed E-state index contributed by atoms with van der Waals surface area (Å²) in [6, 6.07) is 5.05. The number of rotatable bonds is 6. The second-order valence-corrected chi connectivity index (χ2v) is 6.68. The van der Waals surface area contributed by atoms with Crippen LogP contribution in [0.1, 0.15) is 31.9 Å². The molecule has 2 N–H and O–H groups in total. The second-order valence-electron chi connectivity index (χ2n) is 6.68. The molecule has 0 saturated carbocycles. The van der Waals surface area contributed by atoms with Crippen LogP contribution in [0.15, 0.2) is 29.3 Å². The summed E-state index contributed by atoms with van der Waals surface area (Å²) >= 11 is 0. The number of carbonyl (C=O) groups excluding carboxylic acids is 1. The zero-order valence-corrected chi connectivity index (χ0v) is 15.9. The molecule has 0 bridgehead atoms. The number of amides is 1. The van der Waals surface area contributed by atoms with Gasteiger partial charge in [0, 0.05) is 27.2 Å². The maximum absolute atomic E-state index is 12.6. The van der Waals surface area contributed by atoms with E-state index < -0.39 is 17.2 Å². The number of hydrogen-bond donors (Lipinski definition) is 2. The Morgan fingerprint density at radius 3 is 2.23 bits per heavy atom. The van der Waals surface area contributed by atoms with Gasteiger partial charge < -0.3 is 15.5 Å². The predicted molar refractivity (Wildman–Crippen MR) is 96.7 cm³/mol. The Balaban J connectivity index is 2.86. The number of carbonyl (C=O) groups is 1. The standard InChI is InChI=1S/C18H27F3N4O/c1-6-23-16(24-12-17(2,3)15(26)22-4)25(5)11-13-7-9-14(10-8-13)18(19,20)21/h7-10H,6,11-12H2,1-5H3,(H,22,26)(H,23,24). The number of halogens is 3. The minimum absolute atomic E-state index is 0.109. The molecule has 1 amide bonds. The maximum atomic E-state index is 12.6. The van der Waals surface area contributed by atoms with E-state index in [1.807, 2.05) is 11.8 Å². The van der Waals surface area contributed by atoms with Crippen LogP contribution in [-0.2, 0) is 17.5 Å². The van der Waals surface area contributed by atoms with Crippen molar-refractivity contribution in [1.29, 1.82) is 0 Å². The largest absolute Gasteiger partial charge is 0.416 e. The summed E-state index contributed by atoms with van der Waals surface area (Å²) in [5.41, 5.74) is -0.599. The Bertz CT molecular complexity index is 624. The van der Waals surface area contributed by atoms with Gasteiger partial charge in [0.25, 0.3) is 0 Å². The highest BCUT2D eigenvalue weighted by atomic mass is 19.4. The summed E-state index contributed by atoms with van der Waals surface area (Å²) in [7, 11) is 3.38. The summed E-state index contributed by atoms with van der Waals surface area (Å²) < 4.78 is 37.9. The Kier molecular flexibility index (Phi) is 7.47. The molecule has 0 aliphatic carbocycles. The first-order chi connectivity index (χ1) is 12.0. The Hall–Kier alpha value is -2.25. The molecule has 0 aliphatic rings. The van der Waals surface area contributed by atoms with Crippen LogP contribution in [0.3, 0.4) is 0 Å². The van der Waals surface area contributed by atoms with Gasteiger partial charge in [-0.1, -0.05) is 12.1 Å². The lowest BCUT2D eigenvalue weighted by molar-refractivity contribution is -0.137. The van der Waals surface area contributed by atoms with Gasteiger partial charge in [0.2, 0.25) is 5.91 Å². The Morgan fingerprint density at radius 1 is 1.19 bits per heavy atom. The molecular weight excluding hydrogens is 345 g/mol. The van der Waals surface area contributed by atoms with E-state index in [1.165, 1.54) is 12.1 Å². The van der Waals surface area contributed by atoms with Crippen LogP contribution in [0.5, 0.6) is 0 Å². The van der Waals surface area contributed by atoms with Crippen molar-refractivity contribution in [3.05, 3.63) is 35.4 Å². The first-order valence-electron chi connectivity index (χ1n) is 8.39. The molecule has 0 radical (unpaired) electrons. The fraction of sp³-hybridized carbons (Fsp3) is 0.556. The zero-order valence-electron chi connectivity index (χ0n) is 15.9. The van der Waals surface area contributed by atoms with Crippen LogP contribution in [0.25, 0.3) is 0 Å². The van der Waals surface area contributed by atoms with Crippen LogP contribution in [0, 0.1) is 5.41 Å². The summed E-state index contributed by atoms with van der Waals surface area (Å²) in [6.45, 7) is 6.84. The number of nitrogens with one attached hydrogen (secondary N) is 2. The van der Waals surface area contributed by atoms with Gasteiger partial charge in [0.05, 0.1) is 17.5 Å². The van der Waals surface area contributed by atoms with Crippen LogP contribution in [-0.4, -0.2) is 44.0 Å². The quantitative estimate of drug-likeness (QED) is 0.596. The third-order valence-corrected chi connectivity index (χ3v) is 3.86. The van der Waals surface area contributed by atoms with Crippen LogP contribution in [0.4, 0.5) is 13.2 Å². The fourth-order valence-corrected chi connectivity index (χ4v) is 2.30. The van der Waals surface area contributed by atoms with Crippen LogP contribution >= 0.6 is 0 Å². The molecule has 5 nitrogen and oxygen atoms in total. The SMILES string of the molecule is CCNC(=NCC(C)(C)C(=O)NC)N(C)Cc1ccc(C(F)(F)F)cc1. The van der Waals surface area contributed by atoms with Gasteiger partial charge in [0.15, 0.2) is 5.96 Å². The molecule has 0 saturated heterocycles. The van der Waals surface area contributed by atoms with Gasteiger partial charge in [-0.3, -0.25) is 9.79 Å². The molecule has 26 heavy (non-hydrogen) atoms. The maximum Gasteiger partial charge on any atom is 0.416 e. The third kappa shape index (κ3) is 6.24. The highest BCUT2D eigenvalue weighted by molar-refractivity contribution is 5.83. The Labute approximate surface area is 152 Å².